The van der Waals surface area contributed by atoms with Gasteiger partial charge in [-0.15, -0.1) is 0 Å². The van der Waals surface area contributed by atoms with Crippen LogP contribution < -0.4 is 9.64 Å². The van der Waals surface area contributed by atoms with E-state index in [-0.39, 0.29) is 18.3 Å². The normalized spacial score (nSPS) is 14.6. The third kappa shape index (κ3) is 4.04. The summed E-state index contributed by atoms with van der Waals surface area (Å²) in [5.74, 6) is -0.0587. The van der Waals surface area contributed by atoms with E-state index in [4.69, 9.17) is 4.74 Å². The Morgan fingerprint density at radius 3 is 2.54 bits per heavy atom. The van der Waals surface area contributed by atoms with E-state index in [0.717, 1.165) is 13.1 Å². The fraction of sp³-hybridized carbons (Fsp3) is 0.316. The van der Waals surface area contributed by atoms with Gasteiger partial charge >= 0.3 is 0 Å². The quantitative estimate of drug-likeness (QED) is 0.865. The van der Waals surface area contributed by atoms with Crippen LogP contribution >= 0.6 is 0 Å². The fourth-order valence-corrected chi connectivity index (χ4v) is 2.83. The van der Waals surface area contributed by atoms with Crippen LogP contribution in [0.15, 0.2) is 48.5 Å². The molecule has 1 amide bonds. The summed E-state index contributed by atoms with van der Waals surface area (Å²) in [5, 5.41) is 0. The summed E-state index contributed by atoms with van der Waals surface area (Å²) in [4.78, 5) is 16.3. The van der Waals surface area contributed by atoms with Crippen molar-refractivity contribution in [3.05, 3.63) is 59.9 Å². The number of carbonyl (C=O) groups excluding carboxylic acids is 1. The summed E-state index contributed by atoms with van der Waals surface area (Å²) in [7, 11) is 0. The standard InChI is InChI=1S/C19H21FN2O2/c1-15-4-2-6-17(12-15)21-8-10-22(11-9-21)19(23)14-24-18-7-3-5-16(20)13-18/h2-7,12-13H,8-11,14H2,1H3. The Morgan fingerprint density at radius 2 is 1.83 bits per heavy atom. The second-order valence-corrected chi connectivity index (χ2v) is 5.95. The van der Waals surface area contributed by atoms with Crippen LogP contribution in [0.4, 0.5) is 10.1 Å². The highest BCUT2D eigenvalue weighted by molar-refractivity contribution is 5.78. The van der Waals surface area contributed by atoms with Crippen LogP contribution in [0.1, 0.15) is 5.56 Å². The first-order valence-electron chi connectivity index (χ1n) is 8.09. The molecule has 5 heteroatoms. The number of benzene rings is 2. The minimum Gasteiger partial charge on any atom is -0.484 e. The molecule has 1 aliphatic rings. The second-order valence-electron chi connectivity index (χ2n) is 5.95. The number of ether oxygens (including phenoxy) is 1. The van der Waals surface area contributed by atoms with E-state index in [9.17, 15) is 9.18 Å². The Balaban J connectivity index is 1.50. The minimum atomic E-state index is -0.369. The van der Waals surface area contributed by atoms with E-state index in [0.29, 0.717) is 18.8 Å². The van der Waals surface area contributed by atoms with E-state index < -0.39 is 0 Å². The Kier molecular flexibility index (Phi) is 4.99. The molecule has 1 saturated heterocycles. The minimum absolute atomic E-state index is 0.0616. The Hall–Kier alpha value is -2.56. The fourth-order valence-electron chi connectivity index (χ4n) is 2.83. The molecule has 1 heterocycles. The molecular formula is C19H21FN2O2. The van der Waals surface area contributed by atoms with Crippen molar-refractivity contribution in [3.63, 3.8) is 0 Å². The van der Waals surface area contributed by atoms with Gasteiger partial charge in [0.2, 0.25) is 0 Å². The SMILES string of the molecule is Cc1cccc(N2CCN(C(=O)COc3cccc(F)c3)CC2)c1. The first kappa shape index (κ1) is 16.3. The van der Waals surface area contributed by atoms with Gasteiger partial charge < -0.3 is 14.5 Å². The molecule has 24 heavy (non-hydrogen) atoms. The number of hydrogen-bond donors (Lipinski definition) is 0. The van der Waals surface area contributed by atoms with E-state index in [1.807, 2.05) is 0 Å². The van der Waals surface area contributed by atoms with Crippen LogP contribution in [0.5, 0.6) is 5.75 Å². The molecular weight excluding hydrogens is 307 g/mol. The number of halogens is 1. The number of nitrogens with zero attached hydrogens (tertiary/aromatic N) is 2. The predicted molar refractivity (Wildman–Crippen MR) is 91.9 cm³/mol. The van der Waals surface area contributed by atoms with E-state index in [1.165, 1.54) is 23.4 Å². The number of piperazine rings is 1. The summed E-state index contributed by atoms with van der Waals surface area (Å²) < 4.78 is 18.5. The van der Waals surface area contributed by atoms with Gasteiger partial charge in [-0.3, -0.25) is 4.79 Å². The number of anilines is 1. The molecule has 0 unspecified atom stereocenters. The van der Waals surface area contributed by atoms with Gasteiger partial charge in [0.25, 0.3) is 5.91 Å². The zero-order valence-corrected chi connectivity index (χ0v) is 13.7. The zero-order valence-electron chi connectivity index (χ0n) is 13.7. The molecule has 3 rings (SSSR count). The van der Waals surface area contributed by atoms with Crippen molar-refractivity contribution in [2.24, 2.45) is 0 Å². The monoisotopic (exact) mass is 328 g/mol. The summed E-state index contributed by atoms with van der Waals surface area (Å²) in [6.07, 6.45) is 0. The number of hydrogen-bond acceptors (Lipinski definition) is 3. The molecule has 0 aromatic heterocycles. The average molecular weight is 328 g/mol. The maximum Gasteiger partial charge on any atom is 0.260 e. The third-order valence-corrected chi connectivity index (χ3v) is 4.16. The first-order valence-corrected chi connectivity index (χ1v) is 8.09. The van der Waals surface area contributed by atoms with Crippen molar-refractivity contribution in [2.75, 3.05) is 37.7 Å². The molecule has 0 bridgehead atoms. The first-order chi connectivity index (χ1) is 11.6. The molecule has 0 radical (unpaired) electrons. The molecule has 4 nitrogen and oxygen atoms in total. The molecule has 1 fully saturated rings. The lowest BCUT2D eigenvalue weighted by Crippen LogP contribution is -2.50. The lowest BCUT2D eigenvalue weighted by molar-refractivity contribution is -0.133. The number of aryl methyl sites for hydroxylation is 1. The van der Waals surface area contributed by atoms with Gasteiger partial charge in [0.05, 0.1) is 0 Å². The van der Waals surface area contributed by atoms with Crippen LogP contribution in [0, 0.1) is 12.7 Å². The number of amides is 1. The summed E-state index contributed by atoms with van der Waals surface area (Å²) in [5.41, 5.74) is 2.42. The summed E-state index contributed by atoms with van der Waals surface area (Å²) in [6, 6.07) is 14.2. The maximum absolute atomic E-state index is 13.1. The molecule has 2 aromatic rings. The molecule has 0 spiro atoms. The smallest absolute Gasteiger partial charge is 0.260 e. The zero-order chi connectivity index (χ0) is 16.9. The highest BCUT2D eigenvalue weighted by Gasteiger charge is 2.21. The van der Waals surface area contributed by atoms with Gasteiger partial charge in [-0.05, 0) is 36.8 Å². The highest BCUT2D eigenvalue weighted by Crippen LogP contribution is 2.18. The van der Waals surface area contributed by atoms with Gasteiger partial charge in [-0.25, -0.2) is 4.39 Å². The Morgan fingerprint density at radius 1 is 1.08 bits per heavy atom. The van der Waals surface area contributed by atoms with Crippen molar-refractivity contribution in [3.8, 4) is 5.75 Å². The average Bonchev–Trinajstić information content (AvgIpc) is 2.60. The van der Waals surface area contributed by atoms with Crippen LogP contribution in [0.3, 0.4) is 0 Å². The van der Waals surface area contributed by atoms with Crippen molar-refractivity contribution in [2.45, 2.75) is 6.92 Å². The molecule has 0 atom stereocenters. The van der Waals surface area contributed by atoms with Gasteiger partial charge in [0.1, 0.15) is 11.6 Å². The van der Waals surface area contributed by atoms with Gasteiger partial charge in [-0.1, -0.05) is 18.2 Å². The summed E-state index contributed by atoms with van der Waals surface area (Å²) in [6.45, 7) is 4.95. The predicted octanol–water partition coefficient (Wildman–Crippen LogP) is 2.86. The van der Waals surface area contributed by atoms with Crippen molar-refractivity contribution >= 4 is 11.6 Å². The second kappa shape index (κ2) is 7.34. The van der Waals surface area contributed by atoms with Gasteiger partial charge in [0, 0.05) is 37.9 Å². The van der Waals surface area contributed by atoms with E-state index in [1.54, 1.807) is 17.0 Å². The van der Waals surface area contributed by atoms with Crippen molar-refractivity contribution in [1.82, 2.24) is 4.90 Å². The summed E-state index contributed by atoms with van der Waals surface area (Å²) >= 11 is 0. The van der Waals surface area contributed by atoms with E-state index >= 15 is 0 Å². The van der Waals surface area contributed by atoms with Crippen LogP contribution in [0.25, 0.3) is 0 Å². The Labute approximate surface area is 141 Å². The number of carbonyl (C=O) groups is 1. The van der Waals surface area contributed by atoms with Crippen LogP contribution in [0.2, 0.25) is 0 Å². The van der Waals surface area contributed by atoms with Crippen molar-refractivity contribution < 1.29 is 13.9 Å². The Bertz CT molecular complexity index is 712. The van der Waals surface area contributed by atoms with E-state index in [2.05, 4.69) is 36.1 Å². The molecule has 2 aromatic carbocycles. The van der Waals surface area contributed by atoms with Gasteiger partial charge in [-0.2, -0.15) is 0 Å². The van der Waals surface area contributed by atoms with Crippen molar-refractivity contribution in [1.29, 1.82) is 0 Å². The van der Waals surface area contributed by atoms with Crippen LogP contribution in [-0.2, 0) is 4.79 Å². The lowest BCUT2D eigenvalue weighted by atomic mass is 10.2. The maximum atomic E-state index is 13.1. The van der Waals surface area contributed by atoms with Gasteiger partial charge in [0.15, 0.2) is 6.61 Å². The highest BCUT2D eigenvalue weighted by atomic mass is 19.1. The largest absolute Gasteiger partial charge is 0.484 e. The molecule has 0 aliphatic carbocycles. The molecule has 0 saturated carbocycles. The molecule has 1 aliphatic heterocycles. The van der Waals surface area contributed by atoms with Crippen LogP contribution in [-0.4, -0.2) is 43.6 Å². The lowest BCUT2D eigenvalue weighted by Gasteiger charge is -2.36. The topological polar surface area (TPSA) is 32.8 Å². The number of rotatable bonds is 4. The molecule has 126 valence electrons. The third-order valence-electron chi connectivity index (χ3n) is 4.16. The molecule has 0 N–H and O–H groups in total.